The van der Waals surface area contributed by atoms with Crippen LogP contribution < -0.4 is 27.4 Å². The lowest BCUT2D eigenvalue weighted by Crippen LogP contribution is -2.54. The average Bonchev–Trinajstić information content (AvgIpc) is 2.97. The fraction of sp³-hybridized carbons (Fsp3) is 0.267. The van der Waals surface area contributed by atoms with E-state index in [0.717, 1.165) is 31.0 Å². The topological polar surface area (TPSA) is 156 Å². The minimum Gasteiger partial charge on any atom is -0.399 e. The molecule has 0 aliphatic heterocycles. The van der Waals surface area contributed by atoms with E-state index in [1.54, 1.807) is 48.5 Å². The Kier molecular flexibility index (Phi) is 11.1. The summed E-state index contributed by atoms with van der Waals surface area (Å²) in [7, 11) is 0. The van der Waals surface area contributed by atoms with Crippen molar-refractivity contribution in [2.24, 2.45) is 5.73 Å². The van der Waals surface area contributed by atoms with Crippen LogP contribution in [0.3, 0.4) is 0 Å². The van der Waals surface area contributed by atoms with Gasteiger partial charge in [-0.15, -0.1) is 0 Å². The zero-order valence-electron chi connectivity index (χ0n) is 22.6. The van der Waals surface area contributed by atoms with E-state index < -0.39 is 30.1 Å². The Labute approximate surface area is 240 Å². The summed E-state index contributed by atoms with van der Waals surface area (Å²) in [6, 6.07) is 18.6. The van der Waals surface area contributed by atoms with Gasteiger partial charge in [-0.1, -0.05) is 37.1 Å². The van der Waals surface area contributed by atoms with Gasteiger partial charge in [0.25, 0.3) is 11.8 Å². The highest BCUT2D eigenvalue weighted by Crippen LogP contribution is 2.29. The molecule has 3 aromatic rings. The first-order valence-corrected chi connectivity index (χ1v) is 13.2. The highest BCUT2D eigenvalue weighted by atomic mass is 19.4. The first kappa shape index (κ1) is 31.7. The number of primary amides is 1. The second kappa shape index (κ2) is 14.7. The van der Waals surface area contributed by atoms with Crippen LogP contribution in [0, 0.1) is 0 Å². The minimum atomic E-state index is -4.57. The monoisotopic (exact) mass is 583 g/mol. The number of hydrogen-bond donors (Lipinski definition) is 5. The summed E-state index contributed by atoms with van der Waals surface area (Å²) < 4.78 is 38.5. The molecule has 9 nitrogen and oxygen atoms in total. The molecule has 0 bridgehead atoms. The molecule has 4 rings (SSSR count). The lowest BCUT2D eigenvalue weighted by Gasteiger charge is -2.33. The van der Waals surface area contributed by atoms with Gasteiger partial charge >= 0.3 is 6.18 Å². The minimum absolute atomic E-state index is 0.191. The first-order chi connectivity index (χ1) is 19.9. The molecule has 0 saturated heterocycles. The number of hydrogen-bond acceptors (Lipinski definition) is 5. The molecule has 0 aromatic heterocycles. The lowest BCUT2D eigenvalue weighted by molar-refractivity contribution is -0.137. The molecule has 0 heterocycles. The standard InChI is InChI=1S/C23H25F3N4O3.C7H7NO/c24-23(25,26)16-5-3-4-15(12-16)21(32)28-13-20(31)29-18-6-1-2-7-19(18)30-22(33)14-8-10-17(27)11-9-14;8-7(9)6-4-2-1-3-5-6/h3-5,8-12,18-19H,1-2,6-7,13,27H2,(H,28,32)(H,29,31)(H,30,33);1-5H,(H2,8,9)/t18-,19+;/m1./s1. The zero-order valence-corrected chi connectivity index (χ0v) is 22.6. The molecule has 0 spiro atoms. The predicted octanol–water partition coefficient (Wildman–Crippen LogP) is 3.66. The van der Waals surface area contributed by atoms with Gasteiger partial charge in [-0.05, 0) is 67.4 Å². The van der Waals surface area contributed by atoms with Crippen LogP contribution in [0.5, 0.6) is 0 Å². The SMILES string of the molecule is NC(=O)c1ccccc1.Nc1ccc(C(=O)N[C@H]2CCCC[C@H]2NC(=O)CNC(=O)c2cccc(C(F)(F)F)c2)cc1. The van der Waals surface area contributed by atoms with Crippen molar-refractivity contribution in [2.45, 2.75) is 43.9 Å². The largest absolute Gasteiger partial charge is 0.416 e. The molecule has 222 valence electrons. The highest BCUT2D eigenvalue weighted by Gasteiger charge is 2.31. The number of alkyl halides is 3. The van der Waals surface area contributed by atoms with Crippen LogP contribution in [0.2, 0.25) is 0 Å². The predicted molar refractivity (Wildman–Crippen MR) is 151 cm³/mol. The summed E-state index contributed by atoms with van der Waals surface area (Å²) in [6.45, 7) is -0.399. The second-order valence-corrected chi connectivity index (χ2v) is 9.65. The summed E-state index contributed by atoms with van der Waals surface area (Å²) in [6.07, 6.45) is -1.47. The summed E-state index contributed by atoms with van der Waals surface area (Å²) >= 11 is 0. The maximum absolute atomic E-state index is 12.8. The van der Waals surface area contributed by atoms with Crippen LogP contribution >= 0.6 is 0 Å². The van der Waals surface area contributed by atoms with E-state index in [1.165, 1.54) is 6.07 Å². The number of carbonyl (C=O) groups is 4. The molecule has 12 heteroatoms. The Morgan fingerprint density at radius 1 is 0.738 bits per heavy atom. The van der Waals surface area contributed by atoms with Gasteiger partial charge in [-0.25, -0.2) is 0 Å². The molecular weight excluding hydrogens is 551 g/mol. The number of nitrogens with one attached hydrogen (secondary N) is 3. The smallest absolute Gasteiger partial charge is 0.399 e. The third-order valence-electron chi connectivity index (χ3n) is 6.52. The van der Waals surface area contributed by atoms with Crippen molar-refractivity contribution in [3.63, 3.8) is 0 Å². The summed E-state index contributed by atoms with van der Waals surface area (Å²) in [5.74, 6) is -1.93. The third kappa shape index (κ3) is 9.65. The first-order valence-electron chi connectivity index (χ1n) is 13.2. The molecule has 1 aliphatic rings. The van der Waals surface area contributed by atoms with Gasteiger partial charge in [0.05, 0.1) is 12.1 Å². The van der Waals surface area contributed by atoms with Crippen LogP contribution in [0.1, 0.15) is 62.3 Å². The lowest BCUT2D eigenvalue weighted by atomic mass is 9.90. The Bertz CT molecular complexity index is 1380. The molecule has 4 amide bonds. The van der Waals surface area contributed by atoms with Gasteiger partial charge in [0.1, 0.15) is 0 Å². The summed E-state index contributed by atoms with van der Waals surface area (Å²) in [5, 5.41) is 8.08. The van der Waals surface area contributed by atoms with Crippen LogP contribution in [0.4, 0.5) is 18.9 Å². The molecule has 1 saturated carbocycles. The van der Waals surface area contributed by atoms with Crippen molar-refractivity contribution >= 4 is 29.3 Å². The second-order valence-electron chi connectivity index (χ2n) is 9.65. The molecule has 42 heavy (non-hydrogen) atoms. The number of rotatable bonds is 7. The van der Waals surface area contributed by atoms with Crippen LogP contribution in [0.25, 0.3) is 0 Å². The van der Waals surface area contributed by atoms with Gasteiger partial charge in [-0.3, -0.25) is 19.2 Å². The normalized spacial score (nSPS) is 16.3. The fourth-order valence-electron chi connectivity index (χ4n) is 4.32. The van der Waals surface area contributed by atoms with E-state index in [2.05, 4.69) is 16.0 Å². The Balaban J connectivity index is 0.000000458. The Morgan fingerprint density at radius 2 is 1.33 bits per heavy atom. The zero-order chi connectivity index (χ0) is 30.7. The fourth-order valence-corrected chi connectivity index (χ4v) is 4.32. The van der Waals surface area contributed by atoms with Crippen molar-refractivity contribution in [3.8, 4) is 0 Å². The molecule has 0 unspecified atom stereocenters. The Hall–Kier alpha value is -4.87. The number of anilines is 1. The maximum atomic E-state index is 12.8. The van der Waals surface area contributed by atoms with E-state index in [4.69, 9.17) is 11.5 Å². The van der Waals surface area contributed by atoms with Crippen molar-refractivity contribution in [3.05, 3.63) is 101 Å². The highest BCUT2D eigenvalue weighted by molar-refractivity contribution is 5.97. The number of nitrogen functional groups attached to an aromatic ring is 1. The van der Waals surface area contributed by atoms with E-state index >= 15 is 0 Å². The molecule has 1 fully saturated rings. The summed E-state index contributed by atoms with van der Waals surface area (Å²) in [5.41, 5.74) is 11.0. The van der Waals surface area contributed by atoms with Gasteiger partial charge < -0.3 is 27.4 Å². The van der Waals surface area contributed by atoms with E-state index in [-0.39, 0.29) is 29.5 Å². The number of carbonyl (C=O) groups excluding carboxylic acids is 4. The van der Waals surface area contributed by atoms with Crippen LogP contribution in [-0.2, 0) is 11.0 Å². The summed E-state index contributed by atoms with van der Waals surface area (Å²) in [4.78, 5) is 47.5. The van der Waals surface area contributed by atoms with E-state index in [1.807, 2.05) is 6.07 Å². The molecule has 0 radical (unpaired) electrons. The van der Waals surface area contributed by atoms with Crippen molar-refractivity contribution in [1.29, 1.82) is 0 Å². The number of benzene rings is 3. The molecule has 1 aliphatic carbocycles. The van der Waals surface area contributed by atoms with Crippen molar-refractivity contribution in [1.82, 2.24) is 16.0 Å². The van der Waals surface area contributed by atoms with Gasteiger partial charge in [-0.2, -0.15) is 13.2 Å². The molecule has 7 N–H and O–H groups in total. The quantitative estimate of drug-likeness (QED) is 0.269. The van der Waals surface area contributed by atoms with E-state index in [9.17, 15) is 32.3 Å². The number of nitrogens with two attached hydrogens (primary N) is 2. The van der Waals surface area contributed by atoms with Crippen LogP contribution in [-0.4, -0.2) is 42.3 Å². The molecular formula is C30H32F3N5O4. The van der Waals surface area contributed by atoms with Gasteiger partial charge in [0, 0.05) is 34.5 Å². The molecule has 3 aromatic carbocycles. The number of halogens is 3. The Morgan fingerprint density at radius 3 is 1.90 bits per heavy atom. The van der Waals surface area contributed by atoms with Gasteiger partial charge in [0.15, 0.2) is 0 Å². The van der Waals surface area contributed by atoms with Crippen molar-refractivity contribution in [2.75, 3.05) is 12.3 Å². The maximum Gasteiger partial charge on any atom is 0.416 e. The van der Waals surface area contributed by atoms with Crippen molar-refractivity contribution < 1.29 is 32.3 Å². The molecule has 2 atom stereocenters. The van der Waals surface area contributed by atoms with Crippen LogP contribution in [0.15, 0.2) is 78.9 Å². The number of amides is 4. The average molecular weight is 584 g/mol. The van der Waals surface area contributed by atoms with E-state index in [0.29, 0.717) is 29.7 Å². The van der Waals surface area contributed by atoms with Gasteiger partial charge in [0.2, 0.25) is 11.8 Å². The third-order valence-corrected chi connectivity index (χ3v) is 6.52.